The highest BCUT2D eigenvalue weighted by Gasteiger charge is 2.30. The molecule has 1 amide bonds. The van der Waals surface area contributed by atoms with Crippen molar-refractivity contribution >= 4 is 34.1 Å². The number of rotatable bonds is 5. The van der Waals surface area contributed by atoms with Crippen molar-refractivity contribution in [2.24, 2.45) is 17.3 Å². The number of nitrogens with one attached hydrogen (secondary N) is 1. The van der Waals surface area contributed by atoms with Gasteiger partial charge in [-0.3, -0.25) is 14.5 Å². The van der Waals surface area contributed by atoms with Crippen LogP contribution in [0.1, 0.15) is 21.5 Å². The number of fused-ring (bicyclic) bond motifs is 1. The average Bonchev–Trinajstić information content (AvgIpc) is 3.30. The number of pyridine rings is 1. The van der Waals surface area contributed by atoms with E-state index in [0.29, 0.717) is 33.9 Å². The first-order valence-electron chi connectivity index (χ1n) is 11.5. The van der Waals surface area contributed by atoms with E-state index in [-0.39, 0.29) is 11.3 Å². The van der Waals surface area contributed by atoms with E-state index in [0.717, 1.165) is 17.7 Å². The summed E-state index contributed by atoms with van der Waals surface area (Å²) in [6, 6.07) is 12.7. The number of halogens is 3. The molecule has 0 aliphatic rings. The SMILES string of the molecule is Cc1ccc(C(=O)N=[N+]=Nc2cccc(C(F)(F)F)c2)cc1Nc1nc(-c2cccnc2)nc2c1cnn2C. The van der Waals surface area contributed by atoms with Crippen LogP contribution in [0.3, 0.4) is 0 Å². The molecule has 1 N–H and O–H groups in total. The summed E-state index contributed by atoms with van der Waals surface area (Å²) >= 11 is 0. The molecule has 3 heterocycles. The number of nitrogens with zero attached hydrogens (tertiary/aromatic N) is 8. The van der Waals surface area contributed by atoms with Crippen molar-refractivity contribution in [3.05, 3.63) is 89.9 Å². The minimum atomic E-state index is -4.52. The Labute approximate surface area is 219 Å². The number of hydrogen-bond donors (Lipinski definition) is 1. The number of carbonyl (C=O) groups is 1. The predicted molar refractivity (Wildman–Crippen MR) is 136 cm³/mol. The third-order valence-electron chi connectivity index (χ3n) is 5.72. The molecule has 0 fully saturated rings. The van der Waals surface area contributed by atoms with Crippen LogP contribution < -0.4 is 10.2 Å². The van der Waals surface area contributed by atoms with Crippen LogP contribution in [0.4, 0.5) is 30.4 Å². The Morgan fingerprint density at radius 1 is 1.05 bits per heavy atom. The van der Waals surface area contributed by atoms with Gasteiger partial charge >= 0.3 is 12.1 Å². The average molecular weight is 530 g/mol. The highest BCUT2D eigenvalue weighted by molar-refractivity contribution is 5.96. The molecule has 0 saturated heterocycles. The van der Waals surface area contributed by atoms with E-state index >= 15 is 0 Å². The van der Waals surface area contributed by atoms with Gasteiger partial charge in [0.15, 0.2) is 22.3 Å². The number of aromatic nitrogens is 5. The Bertz CT molecular complexity index is 1760. The molecule has 2 aromatic carbocycles. The van der Waals surface area contributed by atoms with Crippen molar-refractivity contribution in [2.75, 3.05) is 5.32 Å². The van der Waals surface area contributed by atoms with Gasteiger partial charge in [0, 0.05) is 30.7 Å². The summed E-state index contributed by atoms with van der Waals surface area (Å²) in [5, 5.41) is 15.4. The summed E-state index contributed by atoms with van der Waals surface area (Å²) in [6.45, 7) is 1.85. The fourth-order valence-electron chi connectivity index (χ4n) is 3.68. The molecule has 10 nitrogen and oxygen atoms in total. The fraction of sp³-hybridized carbons (Fsp3) is 0.115. The summed E-state index contributed by atoms with van der Waals surface area (Å²) in [7, 11) is 1.77. The van der Waals surface area contributed by atoms with Crippen molar-refractivity contribution in [1.29, 1.82) is 0 Å². The number of hydrogen-bond acceptors (Lipinski definition) is 7. The van der Waals surface area contributed by atoms with Gasteiger partial charge in [-0.2, -0.15) is 18.3 Å². The summed E-state index contributed by atoms with van der Waals surface area (Å²) in [6.07, 6.45) is 0.425. The molecule has 0 unspecified atom stereocenters. The summed E-state index contributed by atoms with van der Waals surface area (Å²) in [5.41, 5.74) is 1.94. The largest absolute Gasteiger partial charge is 0.416 e. The van der Waals surface area contributed by atoms with Gasteiger partial charge < -0.3 is 5.32 Å². The number of aryl methyl sites for hydroxylation is 2. The Hall–Kier alpha value is -5.29. The standard InChI is InChI=1S/C26H18F3N9O/c1-15-8-9-16(25(39)36-37-35-19-7-3-6-18(12-19)26(27,28)29)11-21(15)32-23-20-14-31-38(2)24(20)34-22(33-23)17-5-4-10-30-13-17/h3-14H,1-2H3/p+1. The molecule has 39 heavy (non-hydrogen) atoms. The third-order valence-corrected chi connectivity index (χ3v) is 5.72. The molecule has 5 aromatic rings. The van der Waals surface area contributed by atoms with Gasteiger partial charge in [-0.25, -0.2) is 9.97 Å². The molecule has 0 aliphatic heterocycles. The smallest absolute Gasteiger partial charge is 0.339 e. The number of benzene rings is 2. The van der Waals surface area contributed by atoms with Crippen LogP contribution in [-0.4, -0.2) is 30.6 Å². The van der Waals surface area contributed by atoms with Crippen LogP contribution in [0.15, 0.2) is 83.4 Å². The number of amides is 1. The van der Waals surface area contributed by atoms with E-state index in [9.17, 15) is 18.0 Å². The maximum absolute atomic E-state index is 12.9. The maximum Gasteiger partial charge on any atom is 0.416 e. The zero-order valence-electron chi connectivity index (χ0n) is 20.5. The zero-order valence-corrected chi connectivity index (χ0v) is 20.5. The lowest BCUT2D eigenvalue weighted by atomic mass is 10.1. The number of alkyl halides is 3. The van der Waals surface area contributed by atoms with Crippen molar-refractivity contribution in [2.45, 2.75) is 13.1 Å². The highest BCUT2D eigenvalue weighted by Crippen LogP contribution is 2.31. The lowest BCUT2D eigenvalue weighted by Gasteiger charge is -2.12. The van der Waals surface area contributed by atoms with E-state index in [2.05, 4.69) is 40.5 Å². The van der Waals surface area contributed by atoms with E-state index in [1.807, 2.05) is 13.0 Å². The molecule has 0 spiro atoms. The second-order valence-electron chi connectivity index (χ2n) is 8.44. The first-order valence-corrected chi connectivity index (χ1v) is 11.5. The molecule has 0 atom stereocenters. The van der Waals surface area contributed by atoms with Crippen LogP contribution in [0, 0.1) is 6.92 Å². The Morgan fingerprint density at radius 2 is 1.90 bits per heavy atom. The normalized spacial score (nSPS) is 11.2. The molecule has 0 radical (unpaired) electrons. The van der Waals surface area contributed by atoms with Gasteiger partial charge in [0.05, 0.1) is 22.7 Å². The molecule has 0 saturated carbocycles. The summed E-state index contributed by atoms with van der Waals surface area (Å²) in [4.78, 5) is 29.5. The van der Waals surface area contributed by atoms with Crippen LogP contribution in [0.25, 0.3) is 22.4 Å². The highest BCUT2D eigenvalue weighted by atomic mass is 19.4. The summed E-state index contributed by atoms with van der Waals surface area (Å²) in [5.74, 6) is 0.191. The van der Waals surface area contributed by atoms with Gasteiger partial charge in [0.25, 0.3) is 0 Å². The molecule has 13 heteroatoms. The molecular weight excluding hydrogens is 511 g/mol. The second kappa shape index (κ2) is 10.2. The predicted octanol–water partition coefficient (Wildman–Crippen LogP) is 5.94. The molecule has 0 bridgehead atoms. The Morgan fingerprint density at radius 3 is 2.67 bits per heavy atom. The van der Waals surface area contributed by atoms with Crippen molar-refractivity contribution in [1.82, 2.24) is 29.6 Å². The van der Waals surface area contributed by atoms with Crippen LogP contribution in [0.5, 0.6) is 0 Å². The van der Waals surface area contributed by atoms with Gasteiger partial charge in [0.1, 0.15) is 5.82 Å². The maximum atomic E-state index is 12.9. The van der Waals surface area contributed by atoms with Gasteiger partial charge in [0.2, 0.25) is 10.0 Å². The number of anilines is 2. The van der Waals surface area contributed by atoms with E-state index in [1.54, 1.807) is 54.6 Å². The quantitative estimate of drug-likeness (QED) is 0.222. The van der Waals surface area contributed by atoms with Crippen molar-refractivity contribution < 1.29 is 18.0 Å². The Kier molecular flexibility index (Phi) is 6.65. The van der Waals surface area contributed by atoms with Crippen LogP contribution in [-0.2, 0) is 13.2 Å². The van der Waals surface area contributed by atoms with Gasteiger partial charge in [-0.15, -0.1) is 0 Å². The van der Waals surface area contributed by atoms with Gasteiger partial charge in [-0.05, 0) is 55.0 Å². The first-order chi connectivity index (χ1) is 18.7. The minimum absolute atomic E-state index is 0.0821. The topological polar surface area (TPSA) is 124 Å². The fourth-order valence-corrected chi connectivity index (χ4v) is 3.68. The molecule has 194 valence electrons. The van der Waals surface area contributed by atoms with Crippen molar-refractivity contribution in [3.63, 3.8) is 0 Å². The molecular formula is C26H19F3N9O+. The lowest BCUT2D eigenvalue weighted by Crippen LogP contribution is -2.03. The van der Waals surface area contributed by atoms with E-state index < -0.39 is 17.6 Å². The van der Waals surface area contributed by atoms with E-state index in [4.69, 9.17) is 0 Å². The van der Waals surface area contributed by atoms with Gasteiger partial charge in [-0.1, -0.05) is 12.1 Å². The lowest BCUT2D eigenvalue weighted by molar-refractivity contribution is -0.137. The van der Waals surface area contributed by atoms with Crippen molar-refractivity contribution in [3.8, 4) is 11.4 Å². The number of carbonyl (C=O) groups excluding carboxylic acids is 1. The molecule has 0 aliphatic carbocycles. The minimum Gasteiger partial charge on any atom is -0.339 e. The molecule has 3 aromatic heterocycles. The van der Waals surface area contributed by atoms with Crippen LogP contribution >= 0.6 is 0 Å². The van der Waals surface area contributed by atoms with E-state index in [1.165, 1.54) is 12.1 Å². The zero-order chi connectivity index (χ0) is 27.6. The monoisotopic (exact) mass is 530 g/mol. The Balaban J connectivity index is 1.44. The summed E-state index contributed by atoms with van der Waals surface area (Å²) < 4.78 is 40.3. The van der Waals surface area contributed by atoms with Crippen LogP contribution in [0.2, 0.25) is 0 Å². The first kappa shape index (κ1) is 25.4. The third kappa shape index (κ3) is 5.53. The molecule has 5 rings (SSSR count). The second-order valence-corrected chi connectivity index (χ2v) is 8.44.